The molecular weight excluding hydrogens is 252 g/mol. The Morgan fingerprint density at radius 3 is 2.78 bits per heavy atom. The lowest BCUT2D eigenvalue weighted by Gasteiger charge is -2.27. The second-order valence-electron chi connectivity index (χ2n) is 4.65. The van der Waals surface area contributed by atoms with E-state index >= 15 is 0 Å². The molecule has 0 bridgehead atoms. The van der Waals surface area contributed by atoms with E-state index in [0.29, 0.717) is 25.2 Å². The van der Waals surface area contributed by atoms with Gasteiger partial charge in [0.05, 0.1) is 17.7 Å². The fourth-order valence-electron chi connectivity index (χ4n) is 2.10. The Bertz CT molecular complexity index is 461. The number of hydrogen-bond donors (Lipinski definition) is 1. The van der Waals surface area contributed by atoms with Gasteiger partial charge >= 0.3 is 0 Å². The SMILES string of the molecule is NC(COc1cccnc1)C1CCS(=O)(=O)CC1. The minimum absolute atomic E-state index is 0.124. The standard InChI is InChI=1S/C12H18N2O3S/c13-12(9-17-11-2-1-5-14-8-11)10-3-6-18(15,16)7-4-10/h1-2,5,8,10,12H,3-4,6-7,9,13H2. The summed E-state index contributed by atoms with van der Waals surface area (Å²) in [6.45, 7) is 0.399. The first kappa shape index (κ1) is 13.3. The lowest BCUT2D eigenvalue weighted by atomic mass is 9.95. The molecule has 1 aliphatic heterocycles. The van der Waals surface area contributed by atoms with Crippen LogP contribution in [0.4, 0.5) is 0 Å². The Labute approximate surface area is 107 Å². The molecule has 1 saturated heterocycles. The quantitative estimate of drug-likeness (QED) is 0.867. The predicted molar refractivity (Wildman–Crippen MR) is 69.1 cm³/mol. The minimum Gasteiger partial charge on any atom is -0.490 e. The van der Waals surface area contributed by atoms with Crippen LogP contribution in [0.5, 0.6) is 5.75 Å². The van der Waals surface area contributed by atoms with Gasteiger partial charge in [0.25, 0.3) is 0 Å². The Morgan fingerprint density at radius 2 is 2.17 bits per heavy atom. The summed E-state index contributed by atoms with van der Waals surface area (Å²) in [6, 6.07) is 3.50. The van der Waals surface area contributed by atoms with E-state index in [1.807, 2.05) is 6.07 Å². The summed E-state index contributed by atoms with van der Waals surface area (Å²) >= 11 is 0. The molecule has 100 valence electrons. The van der Waals surface area contributed by atoms with Gasteiger partial charge in [-0.1, -0.05) is 0 Å². The zero-order chi connectivity index (χ0) is 13.0. The van der Waals surface area contributed by atoms with Gasteiger partial charge in [0.1, 0.15) is 22.2 Å². The van der Waals surface area contributed by atoms with E-state index in [-0.39, 0.29) is 23.5 Å². The molecule has 1 atom stereocenters. The van der Waals surface area contributed by atoms with Gasteiger partial charge in [0.15, 0.2) is 0 Å². The Kier molecular flexibility index (Phi) is 4.19. The molecular formula is C12H18N2O3S. The minimum atomic E-state index is -2.82. The van der Waals surface area contributed by atoms with Crippen LogP contribution in [-0.2, 0) is 9.84 Å². The molecule has 1 aromatic rings. The van der Waals surface area contributed by atoms with Crippen molar-refractivity contribution >= 4 is 9.84 Å². The number of sulfone groups is 1. The molecule has 1 fully saturated rings. The molecule has 0 spiro atoms. The van der Waals surface area contributed by atoms with Gasteiger partial charge in [0, 0.05) is 12.2 Å². The van der Waals surface area contributed by atoms with Crippen molar-refractivity contribution in [3.63, 3.8) is 0 Å². The molecule has 1 unspecified atom stereocenters. The van der Waals surface area contributed by atoms with E-state index in [2.05, 4.69) is 4.98 Å². The van der Waals surface area contributed by atoms with Gasteiger partial charge < -0.3 is 10.5 Å². The van der Waals surface area contributed by atoms with Crippen molar-refractivity contribution in [2.45, 2.75) is 18.9 Å². The molecule has 18 heavy (non-hydrogen) atoms. The van der Waals surface area contributed by atoms with Crippen LogP contribution in [-0.4, -0.2) is 37.6 Å². The molecule has 0 aromatic carbocycles. The number of pyridine rings is 1. The largest absolute Gasteiger partial charge is 0.490 e. The highest BCUT2D eigenvalue weighted by atomic mass is 32.2. The number of nitrogens with two attached hydrogens (primary N) is 1. The molecule has 5 nitrogen and oxygen atoms in total. The van der Waals surface area contributed by atoms with E-state index < -0.39 is 9.84 Å². The normalized spacial score (nSPS) is 21.4. The third-order valence-corrected chi connectivity index (χ3v) is 5.00. The highest BCUT2D eigenvalue weighted by Gasteiger charge is 2.27. The van der Waals surface area contributed by atoms with Crippen LogP contribution in [0.1, 0.15) is 12.8 Å². The number of hydrogen-bond acceptors (Lipinski definition) is 5. The van der Waals surface area contributed by atoms with Gasteiger partial charge in [-0.05, 0) is 30.9 Å². The maximum atomic E-state index is 11.3. The van der Waals surface area contributed by atoms with Crippen molar-refractivity contribution in [1.29, 1.82) is 0 Å². The predicted octanol–water partition coefficient (Wildman–Crippen LogP) is 0.612. The third kappa shape index (κ3) is 3.68. The lowest BCUT2D eigenvalue weighted by molar-refractivity contribution is 0.236. The molecule has 6 heteroatoms. The van der Waals surface area contributed by atoms with Crippen LogP contribution >= 0.6 is 0 Å². The summed E-state index contributed by atoms with van der Waals surface area (Å²) in [4.78, 5) is 3.95. The first-order valence-electron chi connectivity index (χ1n) is 6.06. The fourth-order valence-corrected chi connectivity index (χ4v) is 3.63. The van der Waals surface area contributed by atoms with E-state index in [0.717, 1.165) is 0 Å². The van der Waals surface area contributed by atoms with Crippen molar-refractivity contribution in [2.24, 2.45) is 11.7 Å². The van der Waals surface area contributed by atoms with E-state index in [9.17, 15) is 8.42 Å². The summed E-state index contributed by atoms with van der Waals surface area (Å²) in [5.41, 5.74) is 6.04. The van der Waals surface area contributed by atoms with E-state index in [1.165, 1.54) is 0 Å². The van der Waals surface area contributed by atoms with Crippen molar-refractivity contribution in [3.05, 3.63) is 24.5 Å². The van der Waals surface area contributed by atoms with Crippen LogP contribution in [0.3, 0.4) is 0 Å². The summed E-state index contributed by atoms with van der Waals surface area (Å²) in [6.07, 6.45) is 4.59. The molecule has 0 saturated carbocycles. The maximum absolute atomic E-state index is 11.3. The fraction of sp³-hybridized carbons (Fsp3) is 0.583. The van der Waals surface area contributed by atoms with Crippen LogP contribution in [0.2, 0.25) is 0 Å². The molecule has 2 heterocycles. The lowest BCUT2D eigenvalue weighted by Crippen LogP contribution is -2.40. The smallest absolute Gasteiger partial charge is 0.150 e. The zero-order valence-electron chi connectivity index (χ0n) is 10.2. The number of nitrogens with zero attached hydrogens (tertiary/aromatic N) is 1. The van der Waals surface area contributed by atoms with Gasteiger partial charge in [-0.2, -0.15) is 0 Å². The summed E-state index contributed by atoms with van der Waals surface area (Å²) in [5, 5.41) is 0. The first-order chi connectivity index (χ1) is 8.57. The van der Waals surface area contributed by atoms with Crippen LogP contribution in [0, 0.1) is 5.92 Å². The molecule has 2 rings (SSSR count). The zero-order valence-corrected chi connectivity index (χ0v) is 11.0. The topological polar surface area (TPSA) is 82.3 Å². The Balaban J connectivity index is 1.80. The third-order valence-electron chi connectivity index (χ3n) is 3.28. The van der Waals surface area contributed by atoms with Gasteiger partial charge in [-0.3, -0.25) is 4.98 Å². The van der Waals surface area contributed by atoms with E-state index in [4.69, 9.17) is 10.5 Å². The number of aromatic nitrogens is 1. The van der Waals surface area contributed by atoms with Crippen molar-refractivity contribution < 1.29 is 13.2 Å². The first-order valence-corrected chi connectivity index (χ1v) is 7.88. The molecule has 1 aromatic heterocycles. The van der Waals surface area contributed by atoms with Gasteiger partial charge in [-0.15, -0.1) is 0 Å². The molecule has 0 aliphatic carbocycles. The van der Waals surface area contributed by atoms with Crippen molar-refractivity contribution in [1.82, 2.24) is 4.98 Å². The van der Waals surface area contributed by atoms with Crippen LogP contribution in [0.25, 0.3) is 0 Å². The second-order valence-corrected chi connectivity index (χ2v) is 6.96. The van der Waals surface area contributed by atoms with Crippen molar-refractivity contribution in [2.75, 3.05) is 18.1 Å². The van der Waals surface area contributed by atoms with Crippen molar-refractivity contribution in [3.8, 4) is 5.75 Å². The Morgan fingerprint density at radius 1 is 1.44 bits per heavy atom. The van der Waals surface area contributed by atoms with Crippen LogP contribution in [0.15, 0.2) is 24.5 Å². The Hall–Kier alpha value is -1.14. The van der Waals surface area contributed by atoms with Gasteiger partial charge in [-0.25, -0.2) is 8.42 Å². The van der Waals surface area contributed by atoms with E-state index in [1.54, 1.807) is 18.5 Å². The van der Waals surface area contributed by atoms with Gasteiger partial charge in [0.2, 0.25) is 0 Å². The summed E-state index contributed by atoms with van der Waals surface area (Å²) in [7, 11) is -2.82. The van der Waals surface area contributed by atoms with Crippen LogP contribution < -0.4 is 10.5 Å². The summed E-state index contributed by atoms with van der Waals surface area (Å²) in [5.74, 6) is 1.41. The molecule has 0 amide bonds. The number of ether oxygens (including phenoxy) is 1. The highest BCUT2D eigenvalue weighted by molar-refractivity contribution is 7.91. The monoisotopic (exact) mass is 270 g/mol. The average Bonchev–Trinajstić information content (AvgIpc) is 2.37. The average molecular weight is 270 g/mol. The number of rotatable bonds is 4. The maximum Gasteiger partial charge on any atom is 0.150 e. The summed E-state index contributed by atoms with van der Waals surface area (Å²) < 4.78 is 28.2. The highest BCUT2D eigenvalue weighted by Crippen LogP contribution is 2.21. The second kappa shape index (κ2) is 5.67. The molecule has 1 aliphatic rings. The molecule has 2 N–H and O–H groups in total. The molecule has 0 radical (unpaired) electrons.